The zero-order valence-corrected chi connectivity index (χ0v) is 14.9. The molecule has 0 radical (unpaired) electrons. The van der Waals surface area contributed by atoms with Gasteiger partial charge in [0.05, 0.1) is 6.54 Å². The molecule has 4 N–H and O–H groups in total. The third-order valence-corrected chi connectivity index (χ3v) is 5.05. The summed E-state index contributed by atoms with van der Waals surface area (Å²) in [5.41, 5.74) is 5.80. The number of likely N-dealkylation sites (tertiary alicyclic amines) is 1. The Morgan fingerprint density at radius 3 is 2.58 bits per heavy atom. The average molecular weight is 379 g/mol. The van der Waals surface area contributed by atoms with E-state index in [2.05, 4.69) is 5.32 Å². The summed E-state index contributed by atoms with van der Waals surface area (Å²) in [6.45, 7) is 0.223. The minimum Gasteiger partial charge on any atom is -0.480 e. The first-order chi connectivity index (χ1) is 12.4. The van der Waals surface area contributed by atoms with E-state index in [1.807, 2.05) is 0 Å². The summed E-state index contributed by atoms with van der Waals surface area (Å²) in [4.78, 5) is 49.1. The van der Waals surface area contributed by atoms with Gasteiger partial charge in [-0.25, -0.2) is 4.79 Å². The molecule has 1 aromatic carbocycles. The fraction of sp³-hybridized carbons (Fsp3) is 0.412. The number of aliphatic carboxylic acids is 1. The Kier molecular flexibility index (Phi) is 7.16. The van der Waals surface area contributed by atoms with Gasteiger partial charge in [-0.05, 0) is 12.8 Å². The molecule has 0 spiro atoms. The van der Waals surface area contributed by atoms with Gasteiger partial charge in [0.1, 0.15) is 12.1 Å². The Labute approximate surface area is 155 Å². The molecule has 26 heavy (non-hydrogen) atoms. The summed E-state index contributed by atoms with van der Waals surface area (Å²) in [7, 11) is 0. The minimum atomic E-state index is -1.23. The van der Waals surface area contributed by atoms with Crippen molar-refractivity contribution in [2.75, 3.05) is 18.8 Å². The number of benzene rings is 1. The predicted molar refractivity (Wildman–Crippen MR) is 96.6 cm³/mol. The zero-order chi connectivity index (χ0) is 19.1. The molecular formula is C17H21N3O5S. The van der Waals surface area contributed by atoms with Crippen molar-refractivity contribution < 1.29 is 24.3 Å². The van der Waals surface area contributed by atoms with E-state index in [4.69, 9.17) is 5.73 Å². The monoisotopic (exact) mass is 379 g/mol. The fourth-order valence-electron chi connectivity index (χ4n) is 2.71. The quantitative estimate of drug-likeness (QED) is 0.611. The molecule has 1 aliphatic rings. The maximum absolute atomic E-state index is 12.4. The van der Waals surface area contributed by atoms with Gasteiger partial charge in [-0.1, -0.05) is 42.1 Å². The van der Waals surface area contributed by atoms with Crippen molar-refractivity contribution >= 4 is 34.7 Å². The second-order valence-electron chi connectivity index (χ2n) is 5.81. The number of carboxylic acid groups (broad SMARTS) is 1. The highest BCUT2D eigenvalue weighted by molar-refractivity contribution is 8.14. The maximum Gasteiger partial charge on any atom is 0.327 e. The van der Waals surface area contributed by atoms with Crippen molar-refractivity contribution in [2.24, 2.45) is 5.73 Å². The summed E-state index contributed by atoms with van der Waals surface area (Å²) in [6, 6.07) is 6.54. The molecule has 8 nitrogen and oxygen atoms in total. The number of amides is 2. The maximum atomic E-state index is 12.4. The van der Waals surface area contributed by atoms with Crippen LogP contribution in [0, 0.1) is 0 Å². The van der Waals surface area contributed by atoms with E-state index in [0.29, 0.717) is 24.9 Å². The number of hydrogen-bond acceptors (Lipinski definition) is 6. The third kappa shape index (κ3) is 5.06. The van der Waals surface area contributed by atoms with Gasteiger partial charge < -0.3 is 21.1 Å². The third-order valence-electron chi connectivity index (χ3n) is 4.06. The molecular weight excluding hydrogens is 358 g/mol. The molecule has 2 atom stereocenters. The SMILES string of the molecule is NCC(=O)N1CCC[C@H]1C(=O)N[C@@H](CSC(=O)c1ccccc1)C(=O)O. The normalized spacial score (nSPS) is 17.6. The predicted octanol–water partition coefficient (Wildman–Crippen LogP) is 0.0791. The lowest BCUT2D eigenvalue weighted by Gasteiger charge is -2.25. The first kappa shape index (κ1) is 19.9. The average Bonchev–Trinajstić information content (AvgIpc) is 3.14. The second-order valence-corrected chi connectivity index (χ2v) is 6.81. The van der Waals surface area contributed by atoms with E-state index < -0.39 is 24.0 Å². The van der Waals surface area contributed by atoms with Crippen LogP contribution < -0.4 is 11.1 Å². The Balaban J connectivity index is 1.95. The number of thioether (sulfide) groups is 1. The topological polar surface area (TPSA) is 130 Å². The minimum absolute atomic E-state index is 0.105. The fourth-order valence-corrected chi connectivity index (χ4v) is 3.56. The van der Waals surface area contributed by atoms with Gasteiger partial charge in [0.25, 0.3) is 0 Å². The number of hydrogen-bond donors (Lipinski definition) is 3. The summed E-state index contributed by atoms with van der Waals surface area (Å²) in [6.07, 6.45) is 1.11. The van der Waals surface area contributed by atoms with Crippen molar-refractivity contribution in [1.29, 1.82) is 0 Å². The molecule has 0 unspecified atom stereocenters. The number of carboxylic acids is 1. The molecule has 9 heteroatoms. The van der Waals surface area contributed by atoms with Gasteiger partial charge in [-0.3, -0.25) is 14.4 Å². The summed E-state index contributed by atoms with van der Waals surface area (Å²) in [5.74, 6) is -2.22. The number of rotatable bonds is 7. The van der Waals surface area contributed by atoms with Gasteiger partial charge in [0.15, 0.2) is 0 Å². The number of carbonyl (C=O) groups is 4. The highest BCUT2D eigenvalue weighted by atomic mass is 32.2. The number of nitrogens with zero attached hydrogens (tertiary/aromatic N) is 1. The van der Waals surface area contributed by atoms with Gasteiger partial charge in [0, 0.05) is 17.9 Å². The van der Waals surface area contributed by atoms with Crippen LogP contribution in [0.5, 0.6) is 0 Å². The lowest BCUT2D eigenvalue weighted by atomic mass is 10.2. The van der Waals surface area contributed by atoms with Crippen molar-refractivity contribution in [3.8, 4) is 0 Å². The van der Waals surface area contributed by atoms with E-state index >= 15 is 0 Å². The molecule has 2 rings (SSSR count). The number of nitrogens with two attached hydrogens (primary N) is 1. The van der Waals surface area contributed by atoms with Gasteiger partial charge in [0.2, 0.25) is 16.9 Å². The zero-order valence-electron chi connectivity index (χ0n) is 14.1. The van der Waals surface area contributed by atoms with Gasteiger partial charge in [-0.2, -0.15) is 0 Å². The molecule has 140 valence electrons. The van der Waals surface area contributed by atoms with Crippen molar-refractivity contribution in [3.05, 3.63) is 35.9 Å². The molecule has 1 saturated heterocycles. The van der Waals surface area contributed by atoms with E-state index in [1.54, 1.807) is 30.3 Å². The summed E-state index contributed by atoms with van der Waals surface area (Å²) >= 11 is 0.827. The lowest BCUT2D eigenvalue weighted by Crippen LogP contribution is -2.52. The lowest BCUT2D eigenvalue weighted by molar-refractivity contribution is -0.143. The number of carbonyl (C=O) groups excluding carboxylic acids is 3. The molecule has 1 fully saturated rings. The van der Waals surface area contributed by atoms with Gasteiger partial charge in [-0.15, -0.1) is 0 Å². The van der Waals surface area contributed by atoms with Crippen LogP contribution in [0.1, 0.15) is 23.2 Å². The molecule has 0 aromatic heterocycles. The van der Waals surface area contributed by atoms with Crippen LogP contribution in [0.2, 0.25) is 0 Å². The van der Waals surface area contributed by atoms with Crippen LogP contribution in [-0.4, -0.2) is 63.8 Å². The molecule has 1 aliphatic heterocycles. The highest BCUT2D eigenvalue weighted by Crippen LogP contribution is 2.18. The summed E-state index contributed by atoms with van der Waals surface area (Å²) in [5, 5.41) is 11.5. The molecule has 0 saturated carbocycles. The standard InChI is InChI=1S/C17H21N3O5S/c18-9-14(21)20-8-4-7-13(20)15(22)19-12(16(23)24)10-26-17(25)11-5-2-1-3-6-11/h1-3,5-6,12-13H,4,7-10,18H2,(H,19,22)(H,23,24)/t12-,13-/m0/s1. The van der Waals surface area contributed by atoms with Crippen LogP contribution in [-0.2, 0) is 14.4 Å². The molecule has 2 amide bonds. The van der Waals surface area contributed by atoms with E-state index in [9.17, 15) is 24.3 Å². The van der Waals surface area contributed by atoms with Crippen LogP contribution in [0.3, 0.4) is 0 Å². The van der Waals surface area contributed by atoms with Crippen LogP contribution >= 0.6 is 11.8 Å². The smallest absolute Gasteiger partial charge is 0.327 e. The van der Waals surface area contributed by atoms with Crippen molar-refractivity contribution in [1.82, 2.24) is 10.2 Å². The second kappa shape index (κ2) is 9.35. The van der Waals surface area contributed by atoms with Crippen LogP contribution in [0.15, 0.2) is 30.3 Å². The van der Waals surface area contributed by atoms with E-state index in [0.717, 1.165) is 11.8 Å². The highest BCUT2D eigenvalue weighted by Gasteiger charge is 2.35. The molecule has 1 heterocycles. The summed E-state index contributed by atoms with van der Waals surface area (Å²) < 4.78 is 0. The first-order valence-electron chi connectivity index (χ1n) is 8.19. The Morgan fingerprint density at radius 1 is 1.27 bits per heavy atom. The Bertz CT molecular complexity index is 682. The Morgan fingerprint density at radius 2 is 1.96 bits per heavy atom. The number of nitrogens with one attached hydrogen (secondary N) is 1. The molecule has 0 aliphatic carbocycles. The largest absolute Gasteiger partial charge is 0.480 e. The van der Waals surface area contributed by atoms with E-state index in [1.165, 1.54) is 4.90 Å². The molecule has 0 bridgehead atoms. The Hall–Kier alpha value is -2.39. The van der Waals surface area contributed by atoms with E-state index in [-0.39, 0.29) is 23.3 Å². The van der Waals surface area contributed by atoms with Crippen molar-refractivity contribution in [3.63, 3.8) is 0 Å². The van der Waals surface area contributed by atoms with Crippen LogP contribution in [0.4, 0.5) is 0 Å². The molecule has 1 aromatic rings. The van der Waals surface area contributed by atoms with Crippen molar-refractivity contribution in [2.45, 2.75) is 24.9 Å². The first-order valence-corrected chi connectivity index (χ1v) is 9.17. The van der Waals surface area contributed by atoms with Crippen LogP contribution in [0.25, 0.3) is 0 Å². The van der Waals surface area contributed by atoms with Gasteiger partial charge >= 0.3 is 5.97 Å².